The normalized spacial score (nSPS) is 13.7. The molecule has 0 amide bonds. The highest BCUT2D eigenvalue weighted by atomic mass is 15.2. The van der Waals surface area contributed by atoms with Crippen molar-refractivity contribution in [2.45, 2.75) is 0 Å². The predicted molar refractivity (Wildman–Crippen MR) is 205 cm³/mol. The Balaban J connectivity index is 1.31. The second-order valence-electron chi connectivity index (χ2n) is 12.1. The molecule has 8 aromatic carbocycles. The first-order valence-electron chi connectivity index (χ1n) is 19.6. The summed E-state index contributed by atoms with van der Waals surface area (Å²) in [6, 6.07) is 41.6. The molecule has 0 aliphatic rings. The molecule has 2 heterocycles. The largest absolute Gasteiger partial charge is 0.278 e. The molecule has 0 fully saturated rings. The van der Waals surface area contributed by atoms with Crippen LogP contribution in [0.25, 0.3) is 93.7 Å². The SMILES string of the molecule is [2H]c1c([2H])c([2H])c2c(-c3nc(-n4c5ccccc5c5cc6ccccc6cc54)nc4cc(-c5ccc(-c6ccccc6)cc5)ccc34)c([2H])c([2H])c([2H])c2c1[2H]. The molecule has 0 radical (unpaired) electrons. The minimum absolute atomic E-state index is 0.0262. The minimum Gasteiger partial charge on any atom is -0.278 e. The van der Waals surface area contributed by atoms with Crippen LogP contribution in [0.2, 0.25) is 0 Å². The van der Waals surface area contributed by atoms with Gasteiger partial charge in [-0.2, -0.15) is 0 Å². The van der Waals surface area contributed by atoms with E-state index in [1.165, 1.54) is 0 Å². The number of fused-ring (bicyclic) bond motifs is 6. The molecule has 0 aliphatic carbocycles. The monoisotopic (exact) mass is 630 g/mol. The fourth-order valence-electron chi connectivity index (χ4n) is 6.93. The van der Waals surface area contributed by atoms with Gasteiger partial charge in [-0.15, -0.1) is 0 Å². The van der Waals surface area contributed by atoms with Crippen molar-refractivity contribution < 1.29 is 9.60 Å². The topological polar surface area (TPSA) is 30.7 Å². The van der Waals surface area contributed by atoms with Gasteiger partial charge >= 0.3 is 0 Å². The van der Waals surface area contributed by atoms with Gasteiger partial charge in [0.15, 0.2) is 0 Å². The third kappa shape index (κ3) is 4.51. The molecule has 0 aliphatic heterocycles. The number of para-hydroxylation sites is 1. The fraction of sp³-hybridized carbons (Fsp3) is 0. The Bertz CT molecular complexity index is 3260. The summed E-state index contributed by atoms with van der Waals surface area (Å²) in [5, 5.41) is 4.50. The Morgan fingerprint density at radius 1 is 0.429 bits per heavy atom. The van der Waals surface area contributed by atoms with Crippen LogP contribution in [0, 0.1) is 0 Å². The third-order valence-corrected chi connectivity index (χ3v) is 9.30. The molecule has 0 N–H and O–H groups in total. The number of aromatic nitrogens is 3. The van der Waals surface area contributed by atoms with Gasteiger partial charge in [-0.3, -0.25) is 4.57 Å². The first-order valence-corrected chi connectivity index (χ1v) is 16.1. The van der Waals surface area contributed by atoms with Gasteiger partial charge in [0.05, 0.1) is 31.8 Å². The third-order valence-electron chi connectivity index (χ3n) is 9.30. The Hall–Kier alpha value is -6.58. The summed E-state index contributed by atoms with van der Waals surface area (Å²) in [6.07, 6.45) is 0. The lowest BCUT2D eigenvalue weighted by Crippen LogP contribution is -2.04. The van der Waals surface area contributed by atoms with Crippen LogP contribution in [-0.2, 0) is 0 Å². The van der Waals surface area contributed by atoms with Crippen molar-refractivity contribution in [3.63, 3.8) is 0 Å². The molecule has 0 atom stereocenters. The average molecular weight is 631 g/mol. The van der Waals surface area contributed by atoms with Crippen molar-refractivity contribution in [1.29, 1.82) is 0 Å². The second kappa shape index (κ2) is 11.0. The molecule has 0 spiro atoms. The highest BCUT2D eigenvalue weighted by molar-refractivity contribution is 6.13. The molecular weight excluding hydrogens is 595 g/mol. The smallest absolute Gasteiger partial charge is 0.235 e. The van der Waals surface area contributed by atoms with E-state index in [4.69, 9.17) is 18.2 Å². The van der Waals surface area contributed by atoms with E-state index in [9.17, 15) is 1.37 Å². The molecule has 2 aromatic heterocycles. The van der Waals surface area contributed by atoms with Crippen LogP contribution >= 0.6 is 0 Å². The summed E-state index contributed by atoms with van der Waals surface area (Å²) in [6.45, 7) is 0. The zero-order chi connectivity index (χ0) is 38.4. The molecule has 10 rings (SSSR count). The zero-order valence-corrected chi connectivity index (χ0v) is 26.0. The second-order valence-corrected chi connectivity index (χ2v) is 12.1. The quantitative estimate of drug-likeness (QED) is 0.194. The molecule has 0 unspecified atom stereocenters. The number of hydrogen-bond acceptors (Lipinski definition) is 2. The molecule has 3 nitrogen and oxygen atoms in total. The van der Waals surface area contributed by atoms with Gasteiger partial charge in [-0.1, -0.05) is 145 Å². The first-order chi connectivity index (χ1) is 27.2. The van der Waals surface area contributed by atoms with Gasteiger partial charge in [0, 0.05) is 21.7 Å². The molecule has 3 heteroatoms. The molecular formula is C46H29N3. The van der Waals surface area contributed by atoms with E-state index in [-0.39, 0.29) is 28.1 Å². The summed E-state index contributed by atoms with van der Waals surface area (Å²) < 4.78 is 63.6. The van der Waals surface area contributed by atoms with Crippen LogP contribution < -0.4 is 0 Å². The van der Waals surface area contributed by atoms with Crippen molar-refractivity contribution in [3.05, 3.63) is 176 Å². The van der Waals surface area contributed by atoms with Crippen molar-refractivity contribution in [2.75, 3.05) is 0 Å². The number of nitrogens with zero attached hydrogens (tertiary/aromatic N) is 3. The maximum absolute atomic E-state index is 9.26. The zero-order valence-electron chi connectivity index (χ0n) is 33.0. The maximum Gasteiger partial charge on any atom is 0.235 e. The molecule has 0 saturated carbocycles. The predicted octanol–water partition coefficient (Wildman–Crippen LogP) is 12.0. The Kier molecular flexibility index (Phi) is 4.79. The summed E-state index contributed by atoms with van der Waals surface area (Å²) in [7, 11) is 0. The fourth-order valence-corrected chi connectivity index (χ4v) is 6.93. The van der Waals surface area contributed by atoms with E-state index in [1.54, 1.807) is 0 Å². The number of rotatable bonds is 4. The summed E-state index contributed by atoms with van der Waals surface area (Å²) in [5.74, 6) is 0.292. The van der Waals surface area contributed by atoms with Gasteiger partial charge in [-0.05, 0) is 74.1 Å². The van der Waals surface area contributed by atoms with Crippen LogP contribution in [0.3, 0.4) is 0 Å². The van der Waals surface area contributed by atoms with Crippen LogP contribution in [0.1, 0.15) is 9.60 Å². The van der Waals surface area contributed by atoms with E-state index in [0.717, 1.165) is 54.8 Å². The lowest BCUT2D eigenvalue weighted by atomic mass is 9.97. The Morgan fingerprint density at radius 3 is 1.96 bits per heavy atom. The van der Waals surface area contributed by atoms with Gasteiger partial charge in [0.25, 0.3) is 0 Å². The standard InChI is InChI=1S/C46H29N3/c1-2-11-30(12-3-1)31-21-23-32(24-22-31)36-25-26-40-42(28-36)47-46(48-45(40)39-19-10-16-33-13-6-7-17-37(33)39)49-43-20-9-8-18-38(43)41-27-34-14-4-5-15-35(34)29-44(41)49/h1-29H/i6D,7D,10D,13D,16D,17D,19D. The maximum atomic E-state index is 9.26. The molecule has 0 saturated heterocycles. The lowest BCUT2D eigenvalue weighted by molar-refractivity contribution is 1.01. The van der Waals surface area contributed by atoms with E-state index in [0.29, 0.717) is 16.9 Å². The molecule has 10 aromatic rings. The van der Waals surface area contributed by atoms with Crippen LogP contribution in [0.4, 0.5) is 0 Å². The Morgan fingerprint density at radius 2 is 1.10 bits per heavy atom. The van der Waals surface area contributed by atoms with E-state index < -0.39 is 36.3 Å². The van der Waals surface area contributed by atoms with Gasteiger partial charge in [-0.25, -0.2) is 9.97 Å². The van der Waals surface area contributed by atoms with Gasteiger partial charge in [0.2, 0.25) is 5.95 Å². The van der Waals surface area contributed by atoms with Gasteiger partial charge in [0.1, 0.15) is 0 Å². The molecule has 0 bridgehead atoms. The van der Waals surface area contributed by atoms with Crippen LogP contribution in [0.5, 0.6) is 0 Å². The number of hydrogen-bond donors (Lipinski definition) is 0. The molecule has 49 heavy (non-hydrogen) atoms. The van der Waals surface area contributed by atoms with Gasteiger partial charge < -0.3 is 0 Å². The van der Waals surface area contributed by atoms with Crippen LogP contribution in [-0.4, -0.2) is 14.5 Å². The van der Waals surface area contributed by atoms with Crippen molar-refractivity contribution in [3.8, 4) is 39.5 Å². The average Bonchev–Trinajstić information content (AvgIpc) is 3.56. The summed E-state index contributed by atoms with van der Waals surface area (Å²) >= 11 is 0. The van der Waals surface area contributed by atoms with Crippen molar-refractivity contribution in [1.82, 2.24) is 14.5 Å². The summed E-state index contributed by atoms with van der Waals surface area (Å²) in [5.41, 5.74) is 6.60. The summed E-state index contributed by atoms with van der Waals surface area (Å²) in [4.78, 5) is 10.4. The highest BCUT2D eigenvalue weighted by Gasteiger charge is 2.19. The highest BCUT2D eigenvalue weighted by Crippen LogP contribution is 2.38. The van der Waals surface area contributed by atoms with Crippen molar-refractivity contribution in [2.24, 2.45) is 0 Å². The van der Waals surface area contributed by atoms with E-state index in [1.807, 2.05) is 71.3 Å². The minimum atomic E-state index is -0.507. The van der Waals surface area contributed by atoms with Crippen LogP contribution in [0.15, 0.2) is 176 Å². The number of benzene rings is 8. The van der Waals surface area contributed by atoms with E-state index >= 15 is 0 Å². The van der Waals surface area contributed by atoms with E-state index in [2.05, 4.69) is 66.7 Å². The molecule has 228 valence electrons. The van der Waals surface area contributed by atoms with Crippen molar-refractivity contribution >= 4 is 54.3 Å². The lowest BCUT2D eigenvalue weighted by Gasteiger charge is -2.14. The Labute approximate surface area is 293 Å². The first kappa shape index (κ1) is 21.3.